The molecular weight excluding hydrogens is 600 g/mol. The van der Waals surface area contributed by atoms with Gasteiger partial charge >= 0.3 is 5.97 Å². The number of methoxy groups -OCH3 is 2. The van der Waals surface area contributed by atoms with Gasteiger partial charge in [-0.25, -0.2) is 9.78 Å². The molecule has 13 heteroatoms. The second-order valence-corrected chi connectivity index (χ2v) is 12.0. The van der Waals surface area contributed by atoms with E-state index in [-0.39, 0.29) is 64.0 Å². The zero-order valence-corrected chi connectivity index (χ0v) is 26.0. The van der Waals surface area contributed by atoms with E-state index in [4.69, 9.17) is 40.0 Å². The number of sulfonamides is 1. The van der Waals surface area contributed by atoms with E-state index < -0.39 is 16.0 Å². The standard InChI is InChI=1S/C30H35ClN2O9S/c1-19(2)20-8-11-27(32-18-20)43(35,36)33-24-15-21(30(34)38-4)16-26(39-13-14-41-28-7-5-6-12-40-28)29(24)42-25-17-22(37-3)9-10-23(25)31/h8-11,15-19,28,33H,5-7,12-14H2,1-4H3. The molecule has 0 spiro atoms. The topological polar surface area (TPSA) is 132 Å². The number of rotatable bonds is 13. The van der Waals surface area contributed by atoms with Gasteiger partial charge in [0.1, 0.15) is 18.1 Å². The first-order valence-corrected chi connectivity index (χ1v) is 15.6. The molecule has 1 atom stereocenters. The van der Waals surface area contributed by atoms with Crippen molar-refractivity contribution < 1.29 is 41.6 Å². The molecule has 1 N–H and O–H groups in total. The summed E-state index contributed by atoms with van der Waals surface area (Å²) in [5, 5.41) is -0.00425. The van der Waals surface area contributed by atoms with Gasteiger partial charge in [-0.1, -0.05) is 31.5 Å². The minimum atomic E-state index is -4.25. The van der Waals surface area contributed by atoms with Gasteiger partial charge in [0.2, 0.25) is 0 Å². The Morgan fingerprint density at radius 2 is 1.91 bits per heavy atom. The molecule has 1 aliphatic heterocycles. The Kier molecular flexibility index (Phi) is 11.1. The third kappa shape index (κ3) is 8.50. The van der Waals surface area contributed by atoms with Gasteiger partial charge in [-0.15, -0.1) is 0 Å². The molecule has 2 heterocycles. The number of hydrogen-bond acceptors (Lipinski definition) is 10. The van der Waals surface area contributed by atoms with E-state index in [9.17, 15) is 13.2 Å². The molecule has 0 aliphatic carbocycles. The third-order valence-electron chi connectivity index (χ3n) is 6.55. The Hall–Kier alpha value is -3.58. The summed E-state index contributed by atoms with van der Waals surface area (Å²) in [5.41, 5.74) is 0.779. The average Bonchev–Trinajstić information content (AvgIpc) is 3.01. The SMILES string of the molecule is COC(=O)c1cc(NS(=O)(=O)c2ccc(C(C)C)cn2)c(Oc2cc(OC)ccc2Cl)c(OCCOC2CCCCO2)c1. The Balaban J connectivity index is 1.73. The lowest BCUT2D eigenvalue weighted by Gasteiger charge is -2.23. The predicted molar refractivity (Wildman–Crippen MR) is 160 cm³/mol. The van der Waals surface area contributed by atoms with E-state index in [0.717, 1.165) is 24.8 Å². The van der Waals surface area contributed by atoms with E-state index in [2.05, 4.69) is 9.71 Å². The highest BCUT2D eigenvalue weighted by Gasteiger charge is 2.25. The molecule has 43 heavy (non-hydrogen) atoms. The predicted octanol–water partition coefficient (Wildman–Crippen LogP) is 6.17. The van der Waals surface area contributed by atoms with Gasteiger partial charge in [-0.05, 0) is 61.1 Å². The number of carbonyl (C=O) groups is 1. The number of nitrogens with zero attached hydrogens (tertiary/aromatic N) is 1. The van der Waals surface area contributed by atoms with Crippen molar-refractivity contribution in [1.29, 1.82) is 0 Å². The maximum atomic E-state index is 13.5. The molecule has 1 saturated heterocycles. The number of carbonyl (C=O) groups excluding carboxylic acids is 1. The normalized spacial score (nSPS) is 15.2. The average molecular weight is 635 g/mol. The van der Waals surface area contributed by atoms with Crippen LogP contribution in [0.2, 0.25) is 5.02 Å². The smallest absolute Gasteiger partial charge is 0.338 e. The number of aromatic nitrogens is 1. The minimum absolute atomic E-state index is 0.0129. The van der Waals surface area contributed by atoms with E-state index in [1.807, 2.05) is 13.8 Å². The molecule has 1 aliphatic rings. The number of anilines is 1. The number of nitrogens with one attached hydrogen (secondary N) is 1. The molecule has 232 valence electrons. The first kappa shape index (κ1) is 32.3. The molecule has 1 aromatic heterocycles. The number of benzene rings is 2. The fraction of sp³-hybridized carbons (Fsp3) is 0.400. The first-order valence-electron chi connectivity index (χ1n) is 13.7. The van der Waals surface area contributed by atoms with Crippen molar-refractivity contribution >= 4 is 33.3 Å². The lowest BCUT2D eigenvalue weighted by atomic mass is 10.1. The van der Waals surface area contributed by atoms with Crippen LogP contribution in [0, 0.1) is 0 Å². The van der Waals surface area contributed by atoms with Crippen LogP contribution in [0.1, 0.15) is 54.9 Å². The zero-order chi connectivity index (χ0) is 31.0. The molecule has 3 aromatic rings. The summed E-state index contributed by atoms with van der Waals surface area (Å²) in [7, 11) is -1.55. The van der Waals surface area contributed by atoms with E-state index >= 15 is 0 Å². The molecule has 4 rings (SSSR count). The van der Waals surface area contributed by atoms with Crippen LogP contribution >= 0.6 is 11.6 Å². The Morgan fingerprint density at radius 1 is 1.09 bits per heavy atom. The van der Waals surface area contributed by atoms with E-state index in [1.165, 1.54) is 44.7 Å². The van der Waals surface area contributed by atoms with Gasteiger partial charge in [0.05, 0.1) is 37.1 Å². The van der Waals surface area contributed by atoms with Gasteiger partial charge in [0.25, 0.3) is 10.0 Å². The van der Waals surface area contributed by atoms with Crippen molar-refractivity contribution in [2.24, 2.45) is 0 Å². The molecule has 11 nitrogen and oxygen atoms in total. The number of pyridine rings is 1. The van der Waals surface area contributed by atoms with Crippen molar-refractivity contribution in [2.45, 2.75) is 50.3 Å². The molecule has 0 bridgehead atoms. The highest BCUT2D eigenvalue weighted by atomic mass is 35.5. The van der Waals surface area contributed by atoms with E-state index in [1.54, 1.807) is 18.2 Å². The van der Waals surface area contributed by atoms with Gasteiger partial charge in [-0.3, -0.25) is 4.72 Å². The monoisotopic (exact) mass is 634 g/mol. The Bertz CT molecular complexity index is 1510. The van der Waals surface area contributed by atoms with Crippen molar-refractivity contribution in [3.63, 3.8) is 0 Å². The van der Waals surface area contributed by atoms with Crippen LogP contribution in [0.3, 0.4) is 0 Å². The van der Waals surface area contributed by atoms with Crippen molar-refractivity contribution in [2.75, 3.05) is 38.8 Å². The third-order valence-corrected chi connectivity index (χ3v) is 8.15. The van der Waals surface area contributed by atoms with Crippen LogP contribution in [-0.2, 0) is 24.2 Å². The number of ether oxygens (including phenoxy) is 6. The molecule has 1 fully saturated rings. The van der Waals surface area contributed by atoms with Gasteiger partial charge in [-0.2, -0.15) is 8.42 Å². The second kappa shape index (κ2) is 14.7. The maximum absolute atomic E-state index is 13.5. The van der Waals surface area contributed by atoms with Crippen LogP contribution in [0.15, 0.2) is 53.7 Å². The van der Waals surface area contributed by atoms with Crippen LogP contribution in [0.25, 0.3) is 0 Å². The van der Waals surface area contributed by atoms with Crippen molar-refractivity contribution in [1.82, 2.24) is 4.98 Å². The molecule has 0 amide bonds. The largest absolute Gasteiger partial charge is 0.497 e. The lowest BCUT2D eigenvalue weighted by Crippen LogP contribution is -2.24. The molecule has 0 saturated carbocycles. The maximum Gasteiger partial charge on any atom is 0.338 e. The van der Waals surface area contributed by atoms with Gasteiger partial charge in [0, 0.05) is 18.9 Å². The summed E-state index contributed by atoms with van der Waals surface area (Å²) >= 11 is 6.42. The fourth-order valence-corrected chi connectivity index (χ4v) is 5.33. The lowest BCUT2D eigenvalue weighted by molar-refractivity contribution is -0.165. The summed E-state index contributed by atoms with van der Waals surface area (Å²) in [6, 6.07) is 10.5. The highest BCUT2D eigenvalue weighted by molar-refractivity contribution is 7.92. The second-order valence-electron chi connectivity index (χ2n) is 9.95. The molecule has 1 unspecified atom stereocenters. The summed E-state index contributed by atoms with van der Waals surface area (Å²) in [6.45, 7) is 4.79. The van der Waals surface area contributed by atoms with Crippen molar-refractivity contribution in [3.05, 3.63) is 64.8 Å². The quantitative estimate of drug-likeness (QED) is 0.172. The van der Waals surface area contributed by atoms with Crippen LogP contribution < -0.4 is 18.9 Å². The van der Waals surface area contributed by atoms with Crippen LogP contribution in [-0.4, -0.2) is 59.7 Å². The fourth-order valence-electron chi connectivity index (χ4n) is 4.19. The zero-order valence-electron chi connectivity index (χ0n) is 24.4. The molecule has 2 aromatic carbocycles. The molecule has 0 radical (unpaired) electrons. The number of esters is 1. The van der Waals surface area contributed by atoms with Gasteiger partial charge < -0.3 is 28.4 Å². The van der Waals surface area contributed by atoms with Gasteiger partial charge in [0.15, 0.2) is 22.8 Å². The van der Waals surface area contributed by atoms with Crippen LogP contribution in [0.4, 0.5) is 5.69 Å². The minimum Gasteiger partial charge on any atom is -0.497 e. The van der Waals surface area contributed by atoms with E-state index in [0.29, 0.717) is 12.4 Å². The molecular formula is C30H35ClN2O9S. The summed E-state index contributed by atoms with van der Waals surface area (Å²) in [4.78, 5) is 16.8. The highest BCUT2D eigenvalue weighted by Crippen LogP contribution is 2.43. The Morgan fingerprint density at radius 3 is 2.56 bits per heavy atom. The van der Waals surface area contributed by atoms with Crippen molar-refractivity contribution in [3.8, 4) is 23.0 Å². The summed E-state index contributed by atoms with van der Waals surface area (Å²) in [5.74, 6) is 0.0289. The van der Waals surface area contributed by atoms with Crippen LogP contribution in [0.5, 0.6) is 23.0 Å². The number of hydrogen-bond donors (Lipinski definition) is 1. The first-order chi connectivity index (χ1) is 20.6. The summed E-state index contributed by atoms with van der Waals surface area (Å²) < 4.78 is 63.2. The summed E-state index contributed by atoms with van der Waals surface area (Å²) in [6.07, 6.45) is 3.94. The Labute approximate surface area is 256 Å². The number of halogens is 1.